The number of carboxylic acid groups (broad SMARTS) is 1. The molecule has 2 fully saturated rings. The van der Waals surface area contributed by atoms with Gasteiger partial charge in [0, 0.05) is 6.54 Å². The highest BCUT2D eigenvalue weighted by atomic mass is 16.4. The number of carbonyl (C=O) groups is 1. The van der Waals surface area contributed by atoms with E-state index < -0.39 is 5.97 Å². The molecule has 13 heavy (non-hydrogen) atoms. The number of likely N-dealkylation sites (tertiary alicyclic amines) is 1. The highest BCUT2D eigenvalue weighted by Crippen LogP contribution is 2.29. The number of rotatable bonds is 3. The summed E-state index contributed by atoms with van der Waals surface area (Å²) < 4.78 is 0. The fraction of sp³-hybridized carbons (Fsp3) is 0.900. The van der Waals surface area contributed by atoms with Crippen molar-refractivity contribution < 1.29 is 9.90 Å². The standard InChI is InChI=1S/C10H17NO2/c12-10(13)9-5-2-6-11(9)7-8-3-1-4-8/h8-9H,1-7H2,(H,12,13)/t9-/m0/s1. The van der Waals surface area contributed by atoms with Gasteiger partial charge < -0.3 is 5.11 Å². The second-order valence-corrected chi connectivity index (χ2v) is 4.29. The molecule has 3 nitrogen and oxygen atoms in total. The predicted molar refractivity (Wildman–Crippen MR) is 49.6 cm³/mol. The number of hydrogen-bond donors (Lipinski definition) is 1. The van der Waals surface area contributed by atoms with Gasteiger partial charge in [0.15, 0.2) is 0 Å². The molecule has 0 radical (unpaired) electrons. The van der Waals surface area contributed by atoms with Gasteiger partial charge in [-0.25, -0.2) is 0 Å². The molecule has 1 N–H and O–H groups in total. The lowest BCUT2D eigenvalue weighted by Crippen LogP contribution is -2.40. The first-order valence-corrected chi connectivity index (χ1v) is 5.24. The normalized spacial score (nSPS) is 30.3. The molecule has 3 heteroatoms. The zero-order valence-corrected chi connectivity index (χ0v) is 7.91. The van der Waals surface area contributed by atoms with Crippen LogP contribution in [0.15, 0.2) is 0 Å². The molecule has 0 aromatic rings. The van der Waals surface area contributed by atoms with Crippen LogP contribution < -0.4 is 0 Å². The summed E-state index contributed by atoms with van der Waals surface area (Å²) in [6, 6.07) is -0.180. The van der Waals surface area contributed by atoms with Crippen molar-refractivity contribution in [2.75, 3.05) is 13.1 Å². The Morgan fingerprint density at radius 3 is 2.62 bits per heavy atom. The molecule has 1 saturated carbocycles. The summed E-state index contributed by atoms with van der Waals surface area (Å²) in [7, 11) is 0. The largest absolute Gasteiger partial charge is 0.480 e. The zero-order chi connectivity index (χ0) is 9.26. The van der Waals surface area contributed by atoms with Crippen molar-refractivity contribution in [2.24, 2.45) is 5.92 Å². The Morgan fingerprint density at radius 1 is 1.31 bits per heavy atom. The van der Waals surface area contributed by atoms with E-state index >= 15 is 0 Å². The van der Waals surface area contributed by atoms with Crippen LogP contribution >= 0.6 is 0 Å². The van der Waals surface area contributed by atoms with E-state index in [1.165, 1.54) is 19.3 Å². The topological polar surface area (TPSA) is 40.5 Å². The van der Waals surface area contributed by atoms with E-state index in [-0.39, 0.29) is 6.04 Å². The van der Waals surface area contributed by atoms with E-state index in [9.17, 15) is 4.79 Å². The lowest BCUT2D eigenvalue weighted by molar-refractivity contribution is -0.142. The Balaban J connectivity index is 1.85. The van der Waals surface area contributed by atoms with E-state index in [4.69, 9.17) is 5.11 Å². The molecule has 0 amide bonds. The van der Waals surface area contributed by atoms with Crippen LogP contribution in [0.4, 0.5) is 0 Å². The first-order chi connectivity index (χ1) is 6.27. The van der Waals surface area contributed by atoms with Gasteiger partial charge in [-0.15, -0.1) is 0 Å². The third kappa shape index (κ3) is 1.85. The molecular weight excluding hydrogens is 166 g/mol. The number of carboxylic acids is 1. The minimum absolute atomic E-state index is 0.180. The van der Waals surface area contributed by atoms with Crippen molar-refractivity contribution >= 4 is 5.97 Å². The molecular formula is C10H17NO2. The van der Waals surface area contributed by atoms with Crippen molar-refractivity contribution in [2.45, 2.75) is 38.1 Å². The van der Waals surface area contributed by atoms with Gasteiger partial charge in [-0.2, -0.15) is 0 Å². The van der Waals surface area contributed by atoms with E-state index in [2.05, 4.69) is 4.90 Å². The van der Waals surface area contributed by atoms with E-state index in [0.717, 1.165) is 31.8 Å². The predicted octanol–water partition coefficient (Wildman–Crippen LogP) is 1.34. The van der Waals surface area contributed by atoms with Crippen LogP contribution in [0.2, 0.25) is 0 Å². The number of hydrogen-bond acceptors (Lipinski definition) is 2. The smallest absolute Gasteiger partial charge is 0.320 e. The lowest BCUT2D eigenvalue weighted by atomic mass is 9.85. The van der Waals surface area contributed by atoms with Gasteiger partial charge in [-0.1, -0.05) is 6.42 Å². The average molecular weight is 183 g/mol. The quantitative estimate of drug-likeness (QED) is 0.717. The highest BCUT2D eigenvalue weighted by molar-refractivity contribution is 5.73. The molecule has 2 aliphatic rings. The molecule has 1 atom stereocenters. The number of nitrogens with zero attached hydrogens (tertiary/aromatic N) is 1. The van der Waals surface area contributed by atoms with Crippen molar-refractivity contribution in [3.05, 3.63) is 0 Å². The maximum absolute atomic E-state index is 10.9. The zero-order valence-electron chi connectivity index (χ0n) is 7.91. The van der Waals surface area contributed by atoms with Crippen LogP contribution in [0.1, 0.15) is 32.1 Å². The highest BCUT2D eigenvalue weighted by Gasteiger charge is 2.32. The van der Waals surface area contributed by atoms with E-state index in [1.54, 1.807) is 0 Å². The lowest BCUT2D eigenvalue weighted by Gasteiger charge is -2.31. The Bertz CT molecular complexity index is 201. The van der Waals surface area contributed by atoms with E-state index in [0.29, 0.717) is 0 Å². The van der Waals surface area contributed by atoms with Crippen molar-refractivity contribution in [3.63, 3.8) is 0 Å². The van der Waals surface area contributed by atoms with Gasteiger partial charge in [-0.05, 0) is 38.1 Å². The van der Waals surface area contributed by atoms with E-state index in [1.807, 2.05) is 0 Å². The van der Waals surface area contributed by atoms with Crippen LogP contribution in [-0.2, 0) is 4.79 Å². The van der Waals surface area contributed by atoms with Crippen LogP contribution in [0.3, 0.4) is 0 Å². The fourth-order valence-corrected chi connectivity index (χ4v) is 2.33. The monoisotopic (exact) mass is 183 g/mol. The molecule has 1 aliphatic heterocycles. The molecule has 74 valence electrons. The Kier molecular flexibility index (Phi) is 2.54. The van der Waals surface area contributed by atoms with Gasteiger partial charge in [-0.3, -0.25) is 9.69 Å². The molecule has 0 spiro atoms. The maximum atomic E-state index is 10.9. The Labute approximate surface area is 78.7 Å². The summed E-state index contributed by atoms with van der Waals surface area (Å²) in [5.74, 6) is 0.164. The van der Waals surface area contributed by atoms with Crippen molar-refractivity contribution in [3.8, 4) is 0 Å². The molecule has 2 rings (SSSR count). The minimum atomic E-state index is -0.628. The summed E-state index contributed by atoms with van der Waals surface area (Å²) >= 11 is 0. The van der Waals surface area contributed by atoms with Crippen molar-refractivity contribution in [1.29, 1.82) is 0 Å². The third-order valence-corrected chi connectivity index (χ3v) is 3.37. The fourth-order valence-electron chi connectivity index (χ4n) is 2.33. The number of aliphatic carboxylic acids is 1. The summed E-state index contributed by atoms with van der Waals surface area (Å²) in [4.78, 5) is 13.0. The van der Waals surface area contributed by atoms with Gasteiger partial charge >= 0.3 is 5.97 Å². The summed E-state index contributed by atoms with van der Waals surface area (Å²) in [5, 5.41) is 8.95. The second kappa shape index (κ2) is 3.66. The SMILES string of the molecule is O=C(O)[C@@H]1CCCN1CC1CCC1. The molecule has 0 aromatic carbocycles. The first-order valence-electron chi connectivity index (χ1n) is 5.24. The first kappa shape index (κ1) is 9.00. The molecule has 1 aliphatic carbocycles. The third-order valence-electron chi connectivity index (χ3n) is 3.37. The van der Waals surface area contributed by atoms with Crippen LogP contribution in [0.25, 0.3) is 0 Å². The molecule has 1 heterocycles. The molecule has 1 saturated heterocycles. The second-order valence-electron chi connectivity index (χ2n) is 4.29. The van der Waals surface area contributed by atoms with Crippen LogP contribution in [-0.4, -0.2) is 35.1 Å². The minimum Gasteiger partial charge on any atom is -0.480 e. The van der Waals surface area contributed by atoms with Gasteiger partial charge in [0.1, 0.15) is 6.04 Å². The average Bonchev–Trinajstić information content (AvgIpc) is 2.44. The summed E-state index contributed by atoms with van der Waals surface area (Å²) in [6.07, 6.45) is 5.87. The van der Waals surface area contributed by atoms with Crippen LogP contribution in [0, 0.1) is 5.92 Å². The molecule has 0 bridgehead atoms. The van der Waals surface area contributed by atoms with Crippen molar-refractivity contribution in [1.82, 2.24) is 4.90 Å². The van der Waals surface area contributed by atoms with Gasteiger partial charge in [0.25, 0.3) is 0 Å². The summed E-state index contributed by atoms with van der Waals surface area (Å²) in [5.41, 5.74) is 0. The van der Waals surface area contributed by atoms with Crippen LogP contribution in [0.5, 0.6) is 0 Å². The molecule has 0 aromatic heterocycles. The van der Waals surface area contributed by atoms with Gasteiger partial charge in [0.05, 0.1) is 0 Å². The maximum Gasteiger partial charge on any atom is 0.320 e. The Hall–Kier alpha value is -0.570. The summed E-state index contributed by atoms with van der Waals surface area (Å²) in [6.45, 7) is 2.02. The Morgan fingerprint density at radius 2 is 2.08 bits per heavy atom. The molecule has 0 unspecified atom stereocenters. The van der Waals surface area contributed by atoms with Gasteiger partial charge in [0.2, 0.25) is 0 Å².